The van der Waals surface area contributed by atoms with E-state index >= 15 is 0 Å². The fourth-order valence-electron chi connectivity index (χ4n) is 1.87. The molecule has 112 valence electrons. The summed E-state index contributed by atoms with van der Waals surface area (Å²) in [4.78, 5) is 0. The molecule has 0 aromatic heterocycles. The monoisotopic (exact) mass is 435 g/mol. The minimum Gasteiger partial charge on any atom is -0.486 e. The molecule has 2 nitrogen and oxygen atoms in total. The molecule has 0 saturated heterocycles. The molecule has 0 heterocycles. The van der Waals surface area contributed by atoms with Crippen molar-refractivity contribution in [1.82, 2.24) is 0 Å². The van der Waals surface area contributed by atoms with Crippen LogP contribution in [0.15, 0.2) is 39.3 Å². The third-order valence-electron chi connectivity index (χ3n) is 2.87. The van der Waals surface area contributed by atoms with Crippen molar-refractivity contribution in [2.75, 3.05) is 6.54 Å². The molecular formula is C15H13Br2ClFNO. The molecular weight excluding hydrogens is 424 g/mol. The molecule has 21 heavy (non-hydrogen) atoms. The number of benzene rings is 2. The van der Waals surface area contributed by atoms with E-state index in [2.05, 4.69) is 31.9 Å². The molecule has 0 bridgehead atoms. The first-order valence-corrected chi connectivity index (χ1v) is 8.22. The third kappa shape index (κ3) is 4.42. The van der Waals surface area contributed by atoms with E-state index in [-0.39, 0.29) is 12.4 Å². The molecule has 2 rings (SSSR count). The summed E-state index contributed by atoms with van der Waals surface area (Å²) in [6.45, 7) is 0.766. The van der Waals surface area contributed by atoms with Crippen molar-refractivity contribution in [2.45, 2.75) is 13.0 Å². The van der Waals surface area contributed by atoms with Crippen LogP contribution in [0.3, 0.4) is 0 Å². The van der Waals surface area contributed by atoms with Crippen LogP contribution in [-0.4, -0.2) is 6.54 Å². The SMILES string of the molecule is NCCc1cc(Br)c(OCc2cc(F)ccc2Cl)c(Br)c1. The van der Waals surface area contributed by atoms with E-state index in [1.165, 1.54) is 18.2 Å². The first-order valence-electron chi connectivity index (χ1n) is 6.26. The molecule has 2 aromatic rings. The molecule has 0 unspecified atom stereocenters. The van der Waals surface area contributed by atoms with Gasteiger partial charge >= 0.3 is 0 Å². The van der Waals surface area contributed by atoms with Crippen molar-refractivity contribution >= 4 is 43.5 Å². The Morgan fingerprint density at radius 1 is 1.14 bits per heavy atom. The van der Waals surface area contributed by atoms with Gasteiger partial charge in [0.1, 0.15) is 18.2 Å². The molecule has 2 aromatic carbocycles. The van der Waals surface area contributed by atoms with Gasteiger partial charge in [-0.1, -0.05) is 11.6 Å². The minimum atomic E-state index is -0.338. The van der Waals surface area contributed by atoms with Crippen LogP contribution in [0.5, 0.6) is 5.75 Å². The van der Waals surface area contributed by atoms with E-state index in [0.717, 1.165) is 20.9 Å². The van der Waals surface area contributed by atoms with Crippen molar-refractivity contribution in [1.29, 1.82) is 0 Å². The first-order chi connectivity index (χ1) is 10.0. The van der Waals surface area contributed by atoms with E-state index in [1.54, 1.807) is 0 Å². The molecule has 6 heteroatoms. The molecule has 0 aliphatic heterocycles. The van der Waals surface area contributed by atoms with Crippen LogP contribution >= 0.6 is 43.5 Å². The highest BCUT2D eigenvalue weighted by molar-refractivity contribution is 9.11. The maximum absolute atomic E-state index is 13.2. The van der Waals surface area contributed by atoms with E-state index in [1.807, 2.05) is 12.1 Å². The van der Waals surface area contributed by atoms with Crippen LogP contribution in [0.2, 0.25) is 5.02 Å². The summed E-state index contributed by atoms with van der Waals surface area (Å²) >= 11 is 13.0. The van der Waals surface area contributed by atoms with Gasteiger partial charge in [0.25, 0.3) is 0 Å². The second-order valence-corrected chi connectivity index (χ2v) is 6.57. The van der Waals surface area contributed by atoms with Crippen molar-refractivity contribution in [3.05, 3.63) is 61.2 Å². The van der Waals surface area contributed by atoms with Crippen molar-refractivity contribution in [2.24, 2.45) is 5.73 Å². The second kappa shape index (κ2) is 7.58. The number of nitrogens with two attached hydrogens (primary N) is 1. The van der Waals surface area contributed by atoms with Crippen molar-refractivity contribution in [3.63, 3.8) is 0 Å². The molecule has 0 spiro atoms. The number of rotatable bonds is 5. The molecule has 0 aliphatic rings. The lowest BCUT2D eigenvalue weighted by molar-refractivity contribution is 0.301. The van der Waals surface area contributed by atoms with Crippen LogP contribution in [0.1, 0.15) is 11.1 Å². The zero-order chi connectivity index (χ0) is 15.4. The number of hydrogen-bond acceptors (Lipinski definition) is 2. The smallest absolute Gasteiger partial charge is 0.148 e. The average Bonchev–Trinajstić information content (AvgIpc) is 2.42. The molecule has 2 N–H and O–H groups in total. The van der Waals surface area contributed by atoms with Gasteiger partial charge in [0.05, 0.1) is 8.95 Å². The maximum Gasteiger partial charge on any atom is 0.148 e. The molecule has 0 atom stereocenters. The lowest BCUT2D eigenvalue weighted by atomic mass is 10.1. The minimum absolute atomic E-state index is 0.185. The Morgan fingerprint density at radius 3 is 2.43 bits per heavy atom. The Labute approximate surface area is 144 Å². The third-order valence-corrected chi connectivity index (χ3v) is 4.42. The summed E-state index contributed by atoms with van der Waals surface area (Å²) < 4.78 is 20.6. The highest BCUT2D eigenvalue weighted by Crippen LogP contribution is 2.35. The largest absolute Gasteiger partial charge is 0.486 e. The standard InChI is InChI=1S/C15H13Br2ClFNO/c16-12-5-9(3-4-20)6-13(17)15(12)21-8-10-7-11(19)1-2-14(10)18/h1-2,5-7H,3-4,8,20H2. The predicted molar refractivity (Wildman–Crippen MR) is 90.3 cm³/mol. The first kappa shape index (κ1) is 16.7. The van der Waals surface area contributed by atoms with Gasteiger partial charge in [-0.3, -0.25) is 0 Å². The van der Waals surface area contributed by atoms with Crippen LogP contribution in [0.4, 0.5) is 4.39 Å². The van der Waals surface area contributed by atoms with Gasteiger partial charge in [0.2, 0.25) is 0 Å². The van der Waals surface area contributed by atoms with Gasteiger partial charge in [-0.25, -0.2) is 4.39 Å². The van der Waals surface area contributed by atoms with E-state index in [4.69, 9.17) is 22.1 Å². The lowest BCUT2D eigenvalue weighted by Gasteiger charge is -2.13. The molecule has 0 radical (unpaired) electrons. The van der Waals surface area contributed by atoms with E-state index in [0.29, 0.717) is 22.9 Å². The van der Waals surface area contributed by atoms with Gasteiger partial charge < -0.3 is 10.5 Å². The summed E-state index contributed by atoms with van der Waals surface area (Å²) in [5.74, 6) is 0.311. The quantitative estimate of drug-likeness (QED) is 0.708. The van der Waals surface area contributed by atoms with Crippen LogP contribution in [0.25, 0.3) is 0 Å². The topological polar surface area (TPSA) is 35.2 Å². The Kier molecular flexibility index (Phi) is 6.05. The summed E-state index contributed by atoms with van der Waals surface area (Å²) in [5, 5.41) is 0.475. The Hall–Kier alpha value is -0.620. The predicted octanol–water partition coefficient (Wildman–Crippen LogP) is 5.08. The molecule has 0 aliphatic carbocycles. The lowest BCUT2D eigenvalue weighted by Crippen LogP contribution is -2.03. The zero-order valence-electron chi connectivity index (χ0n) is 11.0. The van der Waals surface area contributed by atoms with Gasteiger partial charge in [-0.05, 0) is 80.7 Å². The van der Waals surface area contributed by atoms with Gasteiger partial charge in [0, 0.05) is 10.6 Å². The van der Waals surface area contributed by atoms with E-state index < -0.39 is 0 Å². The molecule has 0 fully saturated rings. The van der Waals surface area contributed by atoms with Gasteiger partial charge in [0.15, 0.2) is 0 Å². The summed E-state index contributed by atoms with van der Waals surface area (Å²) in [5.41, 5.74) is 7.25. The average molecular weight is 438 g/mol. The van der Waals surface area contributed by atoms with E-state index in [9.17, 15) is 4.39 Å². The van der Waals surface area contributed by atoms with Gasteiger partial charge in [-0.15, -0.1) is 0 Å². The van der Waals surface area contributed by atoms with Crippen molar-refractivity contribution < 1.29 is 9.13 Å². The Morgan fingerprint density at radius 2 is 1.81 bits per heavy atom. The maximum atomic E-state index is 13.2. The number of halogens is 4. The Bertz CT molecular complexity index is 629. The summed E-state index contributed by atoms with van der Waals surface area (Å²) in [6, 6.07) is 8.12. The number of ether oxygens (including phenoxy) is 1. The number of hydrogen-bond donors (Lipinski definition) is 1. The molecule has 0 amide bonds. The van der Waals surface area contributed by atoms with Crippen LogP contribution in [0, 0.1) is 5.82 Å². The van der Waals surface area contributed by atoms with Crippen molar-refractivity contribution in [3.8, 4) is 5.75 Å². The molecule has 0 saturated carbocycles. The van der Waals surface area contributed by atoms with Gasteiger partial charge in [-0.2, -0.15) is 0 Å². The highest BCUT2D eigenvalue weighted by atomic mass is 79.9. The summed E-state index contributed by atoms with van der Waals surface area (Å²) in [6.07, 6.45) is 0.785. The highest BCUT2D eigenvalue weighted by Gasteiger charge is 2.11. The Balaban J connectivity index is 2.18. The normalized spacial score (nSPS) is 10.7. The summed E-state index contributed by atoms with van der Waals surface area (Å²) in [7, 11) is 0. The fourth-order valence-corrected chi connectivity index (χ4v) is 3.55. The van der Waals surface area contributed by atoms with Crippen LogP contribution in [-0.2, 0) is 13.0 Å². The zero-order valence-corrected chi connectivity index (χ0v) is 14.9. The fraction of sp³-hybridized carbons (Fsp3) is 0.200. The second-order valence-electron chi connectivity index (χ2n) is 4.45. The van der Waals surface area contributed by atoms with Crippen LogP contribution < -0.4 is 10.5 Å².